The minimum atomic E-state index is -0.267. The van der Waals surface area contributed by atoms with Gasteiger partial charge >= 0.3 is 6.03 Å². The molecule has 6 heteroatoms. The standard InChI is InChI=1S/C24H30N4O2/c1-19(22(18-25-2)27(4)5)28(24(29)26-3)16-17-30-23(20-12-8-6-9-13-20)21-14-10-7-11-15-21/h6-15,18,23H,1-2,16-17H2,3-5H3,(H,26,29)/b22-18-. The second-order valence-corrected chi connectivity index (χ2v) is 6.82. The van der Waals surface area contributed by atoms with E-state index in [0.717, 1.165) is 11.1 Å². The number of nitrogens with one attached hydrogen (secondary N) is 1. The van der Waals surface area contributed by atoms with Crippen LogP contribution in [-0.4, -0.2) is 56.8 Å². The maximum atomic E-state index is 12.5. The first-order valence-corrected chi connectivity index (χ1v) is 9.73. The highest BCUT2D eigenvalue weighted by molar-refractivity contribution is 5.76. The lowest BCUT2D eigenvalue weighted by atomic mass is 10.0. The summed E-state index contributed by atoms with van der Waals surface area (Å²) >= 11 is 0. The highest BCUT2D eigenvalue weighted by Crippen LogP contribution is 2.26. The van der Waals surface area contributed by atoms with E-state index in [4.69, 9.17) is 4.74 Å². The van der Waals surface area contributed by atoms with Gasteiger partial charge in [-0.3, -0.25) is 9.89 Å². The van der Waals surface area contributed by atoms with Crippen molar-refractivity contribution in [3.63, 3.8) is 0 Å². The summed E-state index contributed by atoms with van der Waals surface area (Å²) < 4.78 is 6.26. The van der Waals surface area contributed by atoms with Crippen molar-refractivity contribution in [3.05, 3.63) is 96.0 Å². The monoisotopic (exact) mass is 406 g/mol. The first kappa shape index (κ1) is 22.9. The molecule has 0 aliphatic carbocycles. The maximum absolute atomic E-state index is 12.5. The Morgan fingerprint density at radius 2 is 1.63 bits per heavy atom. The summed E-state index contributed by atoms with van der Waals surface area (Å²) in [5.74, 6) is 0. The summed E-state index contributed by atoms with van der Waals surface area (Å²) in [6.07, 6.45) is 1.35. The molecule has 0 aliphatic rings. The van der Waals surface area contributed by atoms with Crippen LogP contribution in [0.3, 0.4) is 0 Å². The molecule has 0 saturated heterocycles. The first-order chi connectivity index (χ1) is 14.5. The molecule has 0 fully saturated rings. The number of rotatable bonds is 10. The molecule has 0 radical (unpaired) electrons. The number of carbonyl (C=O) groups is 1. The highest BCUT2D eigenvalue weighted by atomic mass is 16.5. The molecule has 0 saturated carbocycles. The van der Waals surface area contributed by atoms with Crippen molar-refractivity contribution in [3.8, 4) is 0 Å². The molecule has 0 unspecified atom stereocenters. The molecule has 2 aromatic rings. The van der Waals surface area contributed by atoms with Gasteiger partial charge in [-0.2, -0.15) is 0 Å². The van der Waals surface area contributed by atoms with Crippen molar-refractivity contribution >= 4 is 12.7 Å². The Balaban J connectivity index is 2.19. The number of carbonyl (C=O) groups excluding carboxylic acids is 1. The maximum Gasteiger partial charge on any atom is 0.321 e. The summed E-state index contributed by atoms with van der Waals surface area (Å²) in [5, 5.41) is 2.66. The first-order valence-electron chi connectivity index (χ1n) is 9.73. The van der Waals surface area contributed by atoms with Crippen LogP contribution in [0.15, 0.2) is 89.8 Å². The van der Waals surface area contributed by atoms with Gasteiger partial charge in [0, 0.05) is 21.1 Å². The lowest BCUT2D eigenvalue weighted by molar-refractivity contribution is 0.0701. The van der Waals surface area contributed by atoms with Crippen molar-refractivity contribution in [1.82, 2.24) is 15.1 Å². The van der Waals surface area contributed by atoms with Crippen molar-refractivity contribution < 1.29 is 9.53 Å². The molecule has 0 aromatic heterocycles. The van der Waals surface area contributed by atoms with E-state index < -0.39 is 0 Å². The lowest BCUT2D eigenvalue weighted by Crippen LogP contribution is -2.41. The number of likely N-dealkylation sites (N-methyl/N-ethyl adjacent to an activating group) is 1. The lowest BCUT2D eigenvalue weighted by Gasteiger charge is -2.29. The predicted molar refractivity (Wildman–Crippen MR) is 122 cm³/mol. The molecule has 6 nitrogen and oxygen atoms in total. The van der Waals surface area contributed by atoms with Gasteiger partial charge in [0.05, 0.1) is 30.7 Å². The smallest absolute Gasteiger partial charge is 0.321 e. The molecule has 0 heterocycles. The molecule has 2 amide bonds. The Hall–Kier alpha value is -3.38. The Morgan fingerprint density at radius 3 is 2.07 bits per heavy atom. The van der Waals surface area contributed by atoms with E-state index >= 15 is 0 Å². The van der Waals surface area contributed by atoms with Crippen LogP contribution < -0.4 is 5.32 Å². The second kappa shape index (κ2) is 11.6. The molecule has 0 atom stereocenters. The molecule has 2 aromatic carbocycles. The number of aliphatic imine (C=N–C) groups is 1. The van der Waals surface area contributed by atoms with Crippen LogP contribution in [0, 0.1) is 0 Å². The van der Waals surface area contributed by atoms with E-state index in [9.17, 15) is 4.79 Å². The number of urea groups is 1. The molecule has 1 N–H and O–H groups in total. The fourth-order valence-electron chi connectivity index (χ4n) is 3.07. The summed E-state index contributed by atoms with van der Waals surface area (Å²) in [5.41, 5.74) is 3.32. The summed E-state index contributed by atoms with van der Waals surface area (Å²) in [7, 11) is 5.31. The van der Waals surface area contributed by atoms with Gasteiger partial charge in [-0.05, 0) is 17.8 Å². The summed E-state index contributed by atoms with van der Waals surface area (Å²) in [6.45, 7) is 8.25. The van der Waals surface area contributed by atoms with Crippen LogP contribution >= 0.6 is 0 Å². The zero-order valence-electron chi connectivity index (χ0n) is 17.9. The van der Waals surface area contributed by atoms with Gasteiger partial charge in [0.2, 0.25) is 0 Å². The Bertz CT molecular complexity index is 824. The van der Waals surface area contributed by atoms with E-state index in [2.05, 4.69) is 23.6 Å². The molecule has 30 heavy (non-hydrogen) atoms. The summed E-state index contributed by atoms with van der Waals surface area (Å²) in [6, 6.07) is 19.8. The van der Waals surface area contributed by atoms with E-state index in [-0.39, 0.29) is 12.1 Å². The van der Waals surface area contributed by atoms with E-state index in [0.29, 0.717) is 24.5 Å². The van der Waals surface area contributed by atoms with Gasteiger partial charge in [0.25, 0.3) is 0 Å². The van der Waals surface area contributed by atoms with Gasteiger partial charge in [0.15, 0.2) is 0 Å². The second-order valence-electron chi connectivity index (χ2n) is 6.82. The molecular formula is C24H30N4O2. The van der Waals surface area contributed by atoms with Crippen LogP contribution in [0.1, 0.15) is 17.2 Å². The SMILES string of the molecule is C=N/C=C(/C(=C)N(CCOC(c1ccccc1)c1ccccc1)C(=O)NC)N(C)C. The number of benzene rings is 2. The average molecular weight is 407 g/mol. The molecule has 2 rings (SSSR count). The fraction of sp³-hybridized carbons (Fsp3) is 0.250. The zero-order valence-corrected chi connectivity index (χ0v) is 17.9. The molecule has 0 bridgehead atoms. The Labute approximate surface area is 179 Å². The minimum absolute atomic E-state index is 0.231. The van der Waals surface area contributed by atoms with Crippen LogP contribution in [0.25, 0.3) is 0 Å². The minimum Gasteiger partial charge on any atom is -0.375 e. The van der Waals surface area contributed by atoms with E-state index in [1.165, 1.54) is 0 Å². The third kappa shape index (κ3) is 6.06. The number of nitrogens with zero attached hydrogens (tertiary/aromatic N) is 3. The van der Waals surface area contributed by atoms with E-state index in [1.807, 2.05) is 79.7 Å². The molecular weight excluding hydrogens is 376 g/mol. The summed E-state index contributed by atoms with van der Waals surface area (Å²) in [4.78, 5) is 19.7. The number of hydrogen-bond acceptors (Lipinski definition) is 4. The van der Waals surface area contributed by atoms with Crippen LogP contribution in [0.4, 0.5) is 4.79 Å². The van der Waals surface area contributed by atoms with Crippen LogP contribution in [-0.2, 0) is 4.74 Å². The molecule has 0 spiro atoms. The highest BCUT2D eigenvalue weighted by Gasteiger charge is 2.21. The quantitative estimate of drug-likeness (QED) is 0.478. The zero-order chi connectivity index (χ0) is 21.9. The molecule has 158 valence electrons. The van der Waals surface area contributed by atoms with Crippen molar-refractivity contribution in [2.45, 2.75) is 6.10 Å². The van der Waals surface area contributed by atoms with Crippen LogP contribution in [0.2, 0.25) is 0 Å². The van der Waals surface area contributed by atoms with E-state index in [1.54, 1.807) is 18.1 Å². The fourth-order valence-corrected chi connectivity index (χ4v) is 3.07. The Kier molecular flexibility index (Phi) is 8.84. The van der Waals surface area contributed by atoms with Crippen molar-refractivity contribution in [1.29, 1.82) is 0 Å². The third-order valence-electron chi connectivity index (χ3n) is 4.58. The largest absolute Gasteiger partial charge is 0.375 e. The van der Waals surface area contributed by atoms with Crippen molar-refractivity contribution in [2.75, 3.05) is 34.3 Å². The number of hydrogen-bond donors (Lipinski definition) is 1. The normalized spacial score (nSPS) is 11.1. The number of ether oxygens (including phenoxy) is 1. The van der Waals surface area contributed by atoms with Gasteiger partial charge < -0.3 is 15.0 Å². The van der Waals surface area contributed by atoms with Gasteiger partial charge in [0.1, 0.15) is 6.10 Å². The number of amides is 2. The predicted octanol–water partition coefficient (Wildman–Crippen LogP) is 4.05. The van der Waals surface area contributed by atoms with Crippen molar-refractivity contribution in [2.24, 2.45) is 4.99 Å². The van der Waals surface area contributed by atoms with Crippen LogP contribution in [0.5, 0.6) is 0 Å². The third-order valence-corrected chi connectivity index (χ3v) is 4.58. The molecule has 0 aliphatic heterocycles. The van der Waals surface area contributed by atoms with Gasteiger partial charge in [-0.15, -0.1) is 0 Å². The van der Waals surface area contributed by atoms with Gasteiger partial charge in [-0.25, -0.2) is 4.79 Å². The Morgan fingerprint density at radius 1 is 1.10 bits per heavy atom. The van der Waals surface area contributed by atoms with Gasteiger partial charge in [-0.1, -0.05) is 67.2 Å². The average Bonchev–Trinajstić information content (AvgIpc) is 2.77. The topological polar surface area (TPSA) is 57.2 Å².